The predicted octanol–water partition coefficient (Wildman–Crippen LogP) is 6.90. The molecule has 238 valence electrons. The molecule has 5 aromatic rings. The van der Waals surface area contributed by atoms with E-state index in [-0.39, 0.29) is 12.2 Å². The van der Waals surface area contributed by atoms with Crippen molar-refractivity contribution >= 4 is 52.4 Å². The van der Waals surface area contributed by atoms with E-state index in [4.69, 9.17) is 30.8 Å². The lowest BCUT2D eigenvalue weighted by Gasteiger charge is -2.26. The number of hydrogen-bond donors (Lipinski definition) is 0. The van der Waals surface area contributed by atoms with Gasteiger partial charge in [-0.05, 0) is 72.3 Å². The number of carbonyl (C=O) groups is 1. The van der Waals surface area contributed by atoms with Gasteiger partial charge in [0.15, 0.2) is 16.3 Å². The Morgan fingerprint density at radius 3 is 2.49 bits per heavy atom. The van der Waals surface area contributed by atoms with Crippen molar-refractivity contribution in [1.29, 1.82) is 0 Å². The van der Waals surface area contributed by atoms with Gasteiger partial charge >= 0.3 is 5.97 Å². The zero-order chi connectivity index (χ0) is 32.9. The minimum atomic E-state index is -0.740. The first-order valence-corrected chi connectivity index (χ1v) is 17.3. The van der Waals surface area contributed by atoms with Crippen LogP contribution < -0.4 is 24.4 Å². The molecule has 0 fully saturated rings. The summed E-state index contributed by atoms with van der Waals surface area (Å²) in [6.45, 7) is 2.27. The van der Waals surface area contributed by atoms with E-state index in [1.807, 2.05) is 103 Å². The van der Waals surface area contributed by atoms with Gasteiger partial charge in [0, 0.05) is 15.5 Å². The summed E-state index contributed by atoms with van der Waals surface area (Å²) in [7, 11) is 1.57. The average Bonchev–Trinajstić information content (AvgIpc) is 3.41. The monoisotopic (exact) mass is 682 g/mol. The molecule has 47 heavy (non-hydrogen) atoms. The summed E-state index contributed by atoms with van der Waals surface area (Å²) in [5.41, 5.74) is 3.76. The van der Waals surface area contributed by atoms with Crippen molar-refractivity contribution in [1.82, 2.24) is 4.57 Å². The van der Waals surface area contributed by atoms with Crippen LogP contribution in [0.1, 0.15) is 35.2 Å². The molecule has 0 amide bonds. The van der Waals surface area contributed by atoms with Crippen LogP contribution in [0.2, 0.25) is 5.02 Å². The molecule has 0 aliphatic carbocycles. The average molecular weight is 683 g/mol. The van der Waals surface area contributed by atoms with Crippen molar-refractivity contribution in [2.75, 3.05) is 20.0 Å². The molecule has 0 N–H and O–H groups in total. The number of halogens is 1. The van der Waals surface area contributed by atoms with Gasteiger partial charge < -0.3 is 14.2 Å². The maximum Gasteiger partial charge on any atom is 0.338 e. The smallest absolute Gasteiger partial charge is 0.338 e. The van der Waals surface area contributed by atoms with Gasteiger partial charge in [-0.25, -0.2) is 9.79 Å². The second-order valence-corrected chi connectivity index (χ2v) is 12.9. The highest BCUT2D eigenvalue weighted by molar-refractivity contribution is 7.98. The summed E-state index contributed by atoms with van der Waals surface area (Å²) in [5.74, 6) is 0.573. The third-order valence-electron chi connectivity index (χ3n) is 7.57. The van der Waals surface area contributed by atoms with Gasteiger partial charge in [0.2, 0.25) is 0 Å². The second-order valence-electron chi connectivity index (χ2n) is 10.5. The van der Waals surface area contributed by atoms with Gasteiger partial charge in [-0.1, -0.05) is 83.6 Å². The summed E-state index contributed by atoms with van der Waals surface area (Å²) < 4.78 is 19.3. The van der Waals surface area contributed by atoms with Gasteiger partial charge in [0.25, 0.3) is 5.56 Å². The molecule has 0 bridgehead atoms. The summed E-state index contributed by atoms with van der Waals surface area (Å²) in [4.78, 5) is 34.4. The maximum atomic E-state index is 14.2. The molecule has 6 rings (SSSR count). The fourth-order valence-corrected chi connectivity index (χ4v) is 7.00. The highest BCUT2D eigenvalue weighted by Gasteiger charge is 2.35. The predicted molar refractivity (Wildman–Crippen MR) is 188 cm³/mol. The molecule has 7 nitrogen and oxygen atoms in total. The van der Waals surface area contributed by atoms with Crippen LogP contribution in [-0.2, 0) is 16.1 Å². The van der Waals surface area contributed by atoms with Crippen LogP contribution in [0.15, 0.2) is 117 Å². The van der Waals surface area contributed by atoms with E-state index >= 15 is 0 Å². The van der Waals surface area contributed by atoms with Gasteiger partial charge in [-0.15, -0.1) is 11.8 Å². The van der Waals surface area contributed by atoms with Crippen LogP contribution in [0.3, 0.4) is 0 Å². The number of methoxy groups -OCH3 is 1. The Morgan fingerprint density at radius 2 is 1.79 bits per heavy atom. The summed E-state index contributed by atoms with van der Waals surface area (Å²) >= 11 is 9.01. The van der Waals surface area contributed by atoms with E-state index in [2.05, 4.69) is 0 Å². The number of thioether (sulfide) groups is 1. The standard InChI is InChI=1S/C37H31ClN2O5S2/c1-4-44-36(42)32-33(25-10-6-5-7-11-25)39-37-40(34(32)26-14-16-28(46-3)17-15-26)35(41)31(47-37)21-23-13-18-29(30(20-23)43-2)45-22-24-9-8-12-27(38)19-24/h5-21,34H,4,22H2,1-3H3/b31-21-/t34-/m1/s1. The second kappa shape index (κ2) is 14.5. The van der Waals surface area contributed by atoms with Crippen LogP contribution in [-0.4, -0.2) is 30.5 Å². The van der Waals surface area contributed by atoms with Crippen molar-refractivity contribution in [2.24, 2.45) is 4.99 Å². The number of nitrogens with zero attached hydrogens (tertiary/aromatic N) is 2. The zero-order valence-electron chi connectivity index (χ0n) is 25.9. The highest BCUT2D eigenvalue weighted by atomic mass is 35.5. The number of ether oxygens (including phenoxy) is 3. The number of carbonyl (C=O) groups excluding carboxylic acids is 1. The topological polar surface area (TPSA) is 79.1 Å². The lowest BCUT2D eigenvalue weighted by atomic mass is 9.93. The third-order valence-corrected chi connectivity index (χ3v) is 9.54. The van der Waals surface area contributed by atoms with Crippen molar-refractivity contribution in [3.8, 4) is 11.5 Å². The molecule has 10 heteroatoms. The Kier molecular flexibility index (Phi) is 9.96. The molecule has 0 saturated carbocycles. The number of aromatic nitrogens is 1. The van der Waals surface area contributed by atoms with E-state index in [1.165, 1.54) is 11.3 Å². The molecule has 1 aromatic heterocycles. The Balaban J connectivity index is 1.47. The summed E-state index contributed by atoms with van der Waals surface area (Å²) in [5, 5.41) is 0.638. The summed E-state index contributed by atoms with van der Waals surface area (Å²) in [6, 6.07) is 29.6. The van der Waals surface area contributed by atoms with E-state index in [9.17, 15) is 9.59 Å². The number of benzene rings is 4. The molecule has 4 aromatic carbocycles. The molecule has 0 spiro atoms. The molecule has 1 aliphatic heterocycles. The molecule has 2 heterocycles. The maximum absolute atomic E-state index is 14.2. The van der Waals surface area contributed by atoms with E-state index < -0.39 is 12.0 Å². The van der Waals surface area contributed by atoms with Crippen LogP contribution in [0.5, 0.6) is 11.5 Å². The van der Waals surface area contributed by atoms with E-state index in [0.717, 1.165) is 27.1 Å². The van der Waals surface area contributed by atoms with E-state index in [1.54, 1.807) is 36.4 Å². The first kappa shape index (κ1) is 32.4. The Hall–Kier alpha value is -4.57. The van der Waals surface area contributed by atoms with Crippen LogP contribution in [0, 0.1) is 0 Å². The third kappa shape index (κ3) is 6.93. The van der Waals surface area contributed by atoms with Gasteiger partial charge in [0.05, 0.1) is 35.6 Å². The minimum Gasteiger partial charge on any atom is -0.493 e. The van der Waals surface area contributed by atoms with Crippen molar-refractivity contribution in [3.05, 3.63) is 150 Å². The Bertz CT molecular complexity index is 2140. The lowest BCUT2D eigenvalue weighted by molar-refractivity contribution is -0.138. The molecular weight excluding hydrogens is 652 g/mol. The zero-order valence-corrected chi connectivity index (χ0v) is 28.3. The molecule has 0 saturated heterocycles. The number of thiazole rings is 1. The molecular formula is C37H31ClN2O5S2. The molecule has 0 radical (unpaired) electrons. The Labute approximate surface area is 285 Å². The molecule has 0 unspecified atom stereocenters. The number of hydrogen-bond acceptors (Lipinski definition) is 8. The summed E-state index contributed by atoms with van der Waals surface area (Å²) in [6.07, 6.45) is 3.81. The molecule has 1 aliphatic rings. The normalized spacial score (nSPS) is 14.4. The fourth-order valence-electron chi connectivity index (χ4n) is 5.37. The first-order chi connectivity index (χ1) is 22.9. The minimum absolute atomic E-state index is 0.188. The quantitative estimate of drug-likeness (QED) is 0.118. The number of fused-ring (bicyclic) bond motifs is 1. The fraction of sp³-hybridized carbons (Fsp3) is 0.162. The van der Waals surface area contributed by atoms with Crippen molar-refractivity contribution in [3.63, 3.8) is 0 Å². The molecule has 1 atom stereocenters. The largest absolute Gasteiger partial charge is 0.493 e. The number of esters is 1. The van der Waals surface area contributed by atoms with Gasteiger partial charge in [-0.3, -0.25) is 9.36 Å². The van der Waals surface area contributed by atoms with Crippen LogP contribution >= 0.6 is 34.7 Å². The van der Waals surface area contributed by atoms with Crippen LogP contribution in [0.25, 0.3) is 11.8 Å². The van der Waals surface area contributed by atoms with Crippen LogP contribution in [0.4, 0.5) is 0 Å². The first-order valence-electron chi connectivity index (χ1n) is 14.9. The van der Waals surface area contributed by atoms with Gasteiger partial charge in [0.1, 0.15) is 6.61 Å². The number of rotatable bonds is 10. The highest BCUT2D eigenvalue weighted by Crippen LogP contribution is 2.36. The Morgan fingerprint density at radius 1 is 1.00 bits per heavy atom. The lowest BCUT2D eigenvalue weighted by Crippen LogP contribution is -2.40. The van der Waals surface area contributed by atoms with Gasteiger partial charge in [-0.2, -0.15) is 0 Å². The SMILES string of the molecule is CCOC(=O)C1=C(c2ccccc2)N=c2s/c(=C\c3ccc(OCc4cccc(Cl)c4)c(OC)c3)c(=O)n2[C@@H]1c1ccc(SC)cc1. The van der Waals surface area contributed by atoms with Crippen molar-refractivity contribution in [2.45, 2.75) is 24.5 Å². The van der Waals surface area contributed by atoms with E-state index in [0.29, 0.717) is 43.7 Å². The van der Waals surface area contributed by atoms with Crippen molar-refractivity contribution < 1.29 is 19.0 Å².